The maximum atomic E-state index is 13.4. The van der Waals surface area contributed by atoms with Crippen LogP contribution in [0, 0.1) is 21.2 Å². The molecular weight excluding hydrogens is 307 g/mol. The zero-order valence-electron chi connectivity index (χ0n) is 6.72. The van der Waals surface area contributed by atoms with Gasteiger partial charge in [0.05, 0.1) is 3.57 Å². The summed E-state index contributed by atoms with van der Waals surface area (Å²) in [7, 11) is 0. The predicted molar refractivity (Wildman–Crippen MR) is 58.2 cm³/mol. The first-order valence-electron chi connectivity index (χ1n) is 3.49. The Balaban J connectivity index is 3.25. The van der Waals surface area contributed by atoms with E-state index in [0.29, 0.717) is 3.57 Å². The molecule has 0 saturated carbocycles. The average Bonchev–Trinajstić information content (AvgIpc) is 2.13. The van der Waals surface area contributed by atoms with Gasteiger partial charge in [0.1, 0.15) is 5.82 Å². The molecule has 0 aliphatic heterocycles. The van der Waals surface area contributed by atoms with Crippen LogP contribution in [0.3, 0.4) is 0 Å². The van der Waals surface area contributed by atoms with Crippen LogP contribution in [0.15, 0.2) is 17.3 Å². The normalized spacial score (nSPS) is 12.6. The van der Waals surface area contributed by atoms with Crippen LogP contribution >= 0.6 is 34.2 Å². The van der Waals surface area contributed by atoms with Gasteiger partial charge in [0.2, 0.25) is 0 Å². The van der Waals surface area contributed by atoms with Crippen molar-refractivity contribution in [3.63, 3.8) is 0 Å². The van der Waals surface area contributed by atoms with Crippen molar-refractivity contribution < 1.29 is 4.39 Å². The van der Waals surface area contributed by atoms with E-state index in [9.17, 15) is 9.30 Å². The Bertz CT molecular complexity index is 345. The standard InChI is InChI=1S/C8H6ClFINO/c1-4-2-3-5(8(9)12-13)6(10)7(4)11/h2-3,8H,1H3. The Morgan fingerprint density at radius 1 is 1.62 bits per heavy atom. The van der Waals surface area contributed by atoms with E-state index < -0.39 is 11.3 Å². The second-order valence-electron chi connectivity index (χ2n) is 2.54. The van der Waals surface area contributed by atoms with Crippen molar-refractivity contribution in [2.24, 2.45) is 5.18 Å². The van der Waals surface area contributed by atoms with Crippen molar-refractivity contribution in [3.05, 3.63) is 37.6 Å². The number of hydrogen-bond acceptors (Lipinski definition) is 2. The van der Waals surface area contributed by atoms with E-state index >= 15 is 0 Å². The van der Waals surface area contributed by atoms with Gasteiger partial charge in [-0.15, -0.1) is 4.91 Å². The smallest absolute Gasteiger partial charge is 0.193 e. The highest BCUT2D eigenvalue weighted by Crippen LogP contribution is 2.28. The van der Waals surface area contributed by atoms with Gasteiger partial charge in [-0.2, -0.15) is 0 Å². The zero-order chi connectivity index (χ0) is 10.0. The van der Waals surface area contributed by atoms with Gasteiger partial charge in [0, 0.05) is 5.56 Å². The molecule has 0 heterocycles. The lowest BCUT2D eigenvalue weighted by atomic mass is 10.1. The van der Waals surface area contributed by atoms with Crippen molar-refractivity contribution in [2.45, 2.75) is 12.4 Å². The molecule has 0 spiro atoms. The second-order valence-corrected chi connectivity index (χ2v) is 4.03. The number of halogens is 3. The Kier molecular flexibility index (Phi) is 3.61. The van der Waals surface area contributed by atoms with Crippen molar-refractivity contribution in [1.82, 2.24) is 0 Å². The van der Waals surface area contributed by atoms with Crippen LogP contribution in [0.5, 0.6) is 0 Å². The molecule has 70 valence electrons. The molecule has 1 aromatic rings. The first-order chi connectivity index (χ1) is 6.07. The molecule has 0 bridgehead atoms. The molecule has 1 atom stereocenters. The van der Waals surface area contributed by atoms with Crippen LogP contribution in [0.1, 0.15) is 16.6 Å². The molecule has 1 rings (SSSR count). The fourth-order valence-corrected chi connectivity index (χ4v) is 1.56. The van der Waals surface area contributed by atoms with Gasteiger partial charge in [0.25, 0.3) is 0 Å². The minimum absolute atomic E-state index is 0.131. The third-order valence-corrected chi connectivity index (χ3v) is 3.29. The Morgan fingerprint density at radius 2 is 2.23 bits per heavy atom. The van der Waals surface area contributed by atoms with Gasteiger partial charge >= 0.3 is 0 Å². The molecule has 0 N–H and O–H groups in total. The second kappa shape index (κ2) is 4.32. The molecule has 0 radical (unpaired) electrons. The lowest BCUT2D eigenvalue weighted by Gasteiger charge is -2.06. The summed E-state index contributed by atoms with van der Waals surface area (Å²) in [6.45, 7) is 1.78. The van der Waals surface area contributed by atoms with Gasteiger partial charge in [0.15, 0.2) is 5.50 Å². The van der Waals surface area contributed by atoms with Gasteiger partial charge in [-0.05, 0) is 40.3 Å². The number of hydrogen-bond donors (Lipinski definition) is 0. The van der Waals surface area contributed by atoms with Crippen LogP contribution < -0.4 is 0 Å². The van der Waals surface area contributed by atoms with Crippen LogP contribution in [-0.2, 0) is 0 Å². The highest BCUT2D eigenvalue weighted by atomic mass is 127. The summed E-state index contributed by atoms with van der Waals surface area (Å²) >= 11 is 7.36. The van der Waals surface area contributed by atoms with Crippen molar-refractivity contribution >= 4 is 34.2 Å². The van der Waals surface area contributed by atoms with Crippen molar-refractivity contribution in [2.75, 3.05) is 0 Å². The van der Waals surface area contributed by atoms with E-state index in [1.54, 1.807) is 13.0 Å². The SMILES string of the molecule is Cc1ccc(C(Cl)N=O)c(F)c1I. The summed E-state index contributed by atoms with van der Waals surface area (Å²) in [5.74, 6) is -0.458. The third-order valence-electron chi connectivity index (χ3n) is 1.65. The summed E-state index contributed by atoms with van der Waals surface area (Å²) in [6.07, 6.45) is 0. The van der Waals surface area contributed by atoms with Gasteiger partial charge in [-0.1, -0.05) is 23.7 Å². The van der Waals surface area contributed by atoms with Gasteiger partial charge in [-0.25, -0.2) is 4.39 Å². The lowest BCUT2D eigenvalue weighted by molar-refractivity contribution is 0.599. The van der Waals surface area contributed by atoms with Crippen LogP contribution in [0.2, 0.25) is 0 Å². The van der Waals surface area contributed by atoms with E-state index in [1.165, 1.54) is 6.07 Å². The van der Waals surface area contributed by atoms with Gasteiger partial charge < -0.3 is 0 Å². The average molecular weight is 313 g/mol. The first-order valence-corrected chi connectivity index (χ1v) is 5.00. The molecule has 13 heavy (non-hydrogen) atoms. The number of nitrogens with zero attached hydrogens (tertiary/aromatic N) is 1. The highest BCUT2D eigenvalue weighted by molar-refractivity contribution is 14.1. The minimum atomic E-state index is -1.14. The fraction of sp³-hybridized carbons (Fsp3) is 0.250. The number of aryl methyl sites for hydroxylation is 1. The van der Waals surface area contributed by atoms with Crippen LogP contribution in [0.4, 0.5) is 4.39 Å². The molecule has 0 aromatic heterocycles. The molecule has 2 nitrogen and oxygen atoms in total. The lowest BCUT2D eigenvalue weighted by Crippen LogP contribution is -1.96. The molecule has 1 unspecified atom stereocenters. The maximum absolute atomic E-state index is 13.4. The molecule has 0 aliphatic carbocycles. The zero-order valence-corrected chi connectivity index (χ0v) is 9.63. The third kappa shape index (κ3) is 2.17. The molecule has 0 saturated heterocycles. The largest absolute Gasteiger partial charge is 0.205 e. The molecule has 0 amide bonds. The molecule has 5 heteroatoms. The summed E-state index contributed by atoms with van der Waals surface area (Å²) in [6, 6.07) is 3.19. The summed E-state index contributed by atoms with van der Waals surface area (Å²) in [4.78, 5) is 10.1. The maximum Gasteiger partial charge on any atom is 0.193 e. The summed E-state index contributed by atoms with van der Waals surface area (Å²) in [5.41, 5.74) is -0.197. The van der Waals surface area contributed by atoms with E-state index in [2.05, 4.69) is 5.18 Å². The number of rotatable bonds is 2. The quantitative estimate of drug-likeness (QED) is 0.354. The summed E-state index contributed by atoms with van der Waals surface area (Å²) < 4.78 is 13.9. The van der Waals surface area contributed by atoms with E-state index in [0.717, 1.165) is 5.56 Å². The highest BCUT2D eigenvalue weighted by Gasteiger charge is 2.16. The molecule has 0 fully saturated rings. The number of nitroso groups, excluding NO2 is 1. The Morgan fingerprint density at radius 3 is 2.77 bits per heavy atom. The predicted octanol–water partition coefficient (Wildman–Crippen LogP) is 3.74. The summed E-state index contributed by atoms with van der Waals surface area (Å²) in [5, 5.41) is 2.56. The monoisotopic (exact) mass is 313 g/mol. The molecule has 0 aliphatic rings. The van der Waals surface area contributed by atoms with Crippen LogP contribution in [0.25, 0.3) is 0 Å². The topological polar surface area (TPSA) is 29.4 Å². The van der Waals surface area contributed by atoms with Gasteiger partial charge in [-0.3, -0.25) is 0 Å². The van der Waals surface area contributed by atoms with Crippen LogP contribution in [-0.4, -0.2) is 0 Å². The van der Waals surface area contributed by atoms with E-state index in [4.69, 9.17) is 11.6 Å². The molecular formula is C8H6ClFINO. The minimum Gasteiger partial charge on any atom is -0.205 e. The Hall–Kier alpha value is -0.230. The van der Waals surface area contributed by atoms with Crippen molar-refractivity contribution in [3.8, 4) is 0 Å². The fourth-order valence-electron chi connectivity index (χ4n) is 0.902. The van der Waals surface area contributed by atoms with E-state index in [-0.39, 0.29) is 5.56 Å². The number of benzene rings is 1. The molecule has 1 aromatic carbocycles. The first kappa shape index (κ1) is 10.8. The Labute approximate surface area is 93.6 Å². The number of alkyl halides is 1. The van der Waals surface area contributed by atoms with E-state index in [1.807, 2.05) is 22.6 Å². The van der Waals surface area contributed by atoms with Crippen molar-refractivity contribution in [1.29, 1.82) is 0 Å².